The third-order valence-corrected chi connectivity index (χ3v) is 6.37. The van der Waals surface area contributed by atoms with Gasteiger partial charge in [0.2, 0.25) is 0 Å². The average Bonchev–Trinajstić information content (AvgIpc) is 3.20. The summed E-state index contributed by atoms with van der Waals surface area (Å²) < 4.78 is 70.1. The van der Waals surface area contributed by atoms with E-state index in [4.69, 9.17) is 9.47 Å². The Morgan fingerprint density at radius 2 is 1.38 bits per heavy atom. The van der Waals surface area contributed by atoms with E-state index >= 15 is 4.39 Å². The second-order valence-corrected chi connectivity index (χ2v) is 9.11. The summed E-state index contributed by atoms with van der Waals surface area (Å²) in [7, 11) is 0. The highest BCUT2D eigenvalue weighted by Gasteiger charge is 2.34. The molecule has 0 fully saturated rings. The molecule has 4 rings (SSSR count). The lowest BCUT2D eigenvalue weighted by molar-refractivity contribution is -0.273. The maximum Gasteiger partial charge on any atom is 0.573 e. The van der Waals surface area contributed by atoms with Crippen molar-refractivity contribution in [2.24, 2.45) is 0 Å². The highest BCUT2D eigenvalue weighted by molar-refractivity contribution is 7.26. The minimum atomic E-state index is -5.03. The lowest BCUT2D eigenvalue weighted by Crippen LogP contribution is -2.17. The number of hydrogen-bond donors (Lipinski definition) is 0. The van der Waals surface area contributed by atoms with Crippen molar-refractivity contribution >= 4 is 43.4 Å². The van der Waals surface area contributed by atoms with Crippen LogP contribution in [0.3, 0.4) is 0 Å². The van der Waals surface area contributed by atoms with E-state index in [0.29, 0.717) is 16.3 Å². The zero-order chi connectivity index (χ0) is 27.1. The minimum Gasteiger partial charge on any atom is -0.423 e. The number of ether oxygens (including phenoxy) is 3. The molecule has 0 aliphatic rings. The Labute approximate surface area is 212 Å². The van der Waals surface area contributed by atoms with Crippen LogP contribution in [0, 0.1) is 5.82 Å². The Bertz CT molecular complexity index is 1580. The molecular formula is C27H18F4O5S. The van der Waals surface area contributed by atoms with E-state index < -0.39 is 29.9 Å². The predicted octanol–water partition coefficient (Wildman–Crippen LogP) is 7.72. The molecule has 0 amide bonds. The number of hydrogen-bond acceptors (Lipinski definition) is 6. The van der Waals surface area contributed by atoms with Crippen LogP contribution in [0.1, 0.15) is 13.8 Å². The quantitative estimate of drug-likeness (QED) is 0.111. The molecule has 4 aromatic rings. The molecule has 0 saturated heterocycles. The van der Waals surface area contributed by atoms with Crippen LogP contribution < -0.4 is 14.2 Å². The van der Waals surface area contributed by atoms with Gasteiger partial charge in [0, 0.05) is 27.5 Å². The summed E-state index contributed by atoms with van der Waals surface area (Å²) in [6.45, 7) is 9.81. The first-order chi connectivity index (χ1) is 17.4. The molecule has 5 nitrogen and oxygen atoms in total. The molecule has 0 saturated carbocycles. The van der Waals surface area contributed by atoms with E-state index in [-0.39, 0.29) is 37.6 Å². The Morgan fingerprint density at radius 3 is 1.97 bits per heavy atom. The second kappa shape index (κ2) is 9.70. The van der Waals surface area contributed by atoms with Crippen LogP contribution in [0.4, 0.5) is 17.6 Å². The lowest BCUT2D eigenvalue weighted by atomic mass is 10.0. The molecule has 0 unspecified atom stereocenters. The fourth-order valence-corrected chi connectivity index (χ4v) is 4.65. The SMILES string of the molecule is C=C(C)C(=O)Oc1ccc(-c2ccc3c(sc4c(F)c(OC(=O)C(=C)C)ccc43)c2OC(F)(F)F)cc1. The van der Waals surface area contributed by atoms with Crippen LogP contribution in [0.5, 0.6) is 17.2 Å². The molecule has 0 aliphatic heterocycles. The van der Waals surface area contributed by atoms with Gasteiger partial charge >= 0.3 is 18.3 Å². The lowest BCUT2D eigenvalue weighted by Gasteiger charge is -2.15. The van der Waals surface area contributed by atoms with Gasteiger partial charge in [-0.2, -0.15) is 0 Å². The summed E-state index contributed by atoms with van der Waals surface area (Å²) in [6.07, 6.45) is -5.03. The molecule has 1 heterocycles. The Morgan fingerprint density at radius 1 is 0.811 bits per heavy atom. The van der Waals surface area contributed by atoms with Crippen LogP contribution in [0.2, 0.25) is 0 Å². The normalized spacial score (nSPS) is 11.4. The molecule has 0 radical (unpaired) electrons. The van der Waals surface area contributed by atoms with Gasteiger partial charge < -0.3 is 14.2 Å². The summed E-state index contributed by atoms with van der Waals surface area (Å²) in [5, 5.41) is 0.653. The number of alkyl halides is 3. The van der Waals surface area contributed by atoms with Gasteiger partial charge in [-0.15, -0.1) is 24.5 Å². The van der Waals surface area contributed by atoms with Crippen molar-refractivity contribution in [3.05, 3.63) is 78.7 Å². The van der Waals surface area contributed by atoms with Gasteiger partial charge in [0.25, 0.3) is 0 Å². The van der Waals surface area contributed by atoms with Crippen LogP contribution in [-0.4, -0.2) is 18.3 Å². The number of fused-ring (bicyclic) bond motifs is 3. The Balaban J connectivity index is 1.85. The highest BCUT2D eigenvalue weighted by Crippen LogP contribution is 2.47. The van der Waals surface area contributed by atoms with Gasteiger partial charge in [0.1, 0.15) is 5.75 Å². The van der Waals surface area contributed by atoms with Crippen molar-refractivity contribution in [1.82, 2.24) is 0 Å². The number of benzene rings is 3. The minimum absolute atomic E-state index is 0.00625. The second-order valence-electron chi connectivity index (χ2n) is 8.09. The molecule has 3 aromatic carbocycles. The first kappa shape index (κ1) is 25.9. The summed E-state index contributed by atoms with van der Waals surface area (Å²) >= 11 is 0.736. The first-order valence-corrected chi connectivity index (χ1v) is 11.5. The number of esters is 2. The van der Waals surface area contributed by atoms with Crippen LogP contribution in [0.25, 0.3) is 31.3 Å². The third kappa shape index (κ3) is 5.34. The van der Waals surface area contributed by atoms with Crippen LogP contribution >= 0.6 is 11.3 Å². The third-order valence-electron chi connectivity index (χ3n) is 5.16. The number of thiophene rings is 1. The number of halogens is 4. The van der Waals surface area contributed by atoms with Gasteiger partial charge in [-0.1, -0.05) is 31.4 Å². The molecular weight excluding hydrogens is 512 g/mol. The standard InChI is InChI=1S/C27H18F4O5S/c1-13(2)25(32)34-16-7-5-15(6-8-16)17-9-10-19-18-11-12-20(35-26(33)14(3)4)21(28)23(18)37-24(19)22(17)36-27(29,30)31/h5-12H,1,3H2,2,4H3. The maximum atomic E-state index is 15.2. The average molecular weight is 530 g/mol. The smallest absolute Gasteiger partial charge is 0.423 e. The van der Waals surface area contributed by atoms with Gasteiger partial charge in [0.05, 0.1) is 9.40 Å². The highest BCUT2D eigenvalue weighted by atomic mass is 32.1. The number of carbonyl (C=O) groups is 2. The van der Waals surface area contributed by atoms with E-state index in [2.05, 4.69) is 17.9 Å². The number of carbonyl (C=O) groups excluding carboxylic acids is 2. The first-order valence-electron chi connectivity index (χ1n) is 10.6. The number of rotatable bonds is 6. The fourth-order valence-electron chi connectivity index (χ4n) is 3.43. The molecule has 0 N–H and O–H groups in total. The van der Waals surface area contributed by atoms with Gasteiger partial charge in [-0.05, 0) is 49.7 Å². The molecule has 1 aromatic heterocycles. The van der Waals surface area contributed by atoms with Crippen LogP contribution in [-0.2, 0) is 9.59 Å². The summed E-state index contributed by atoms with van der Waals surface area (Å²) in [5.41, 5.74) is 0.667. The van der Waals surface area contributed by atoms with Gasteiger partial charge in [-0.25, -0.2) is 14.0 Å². The zero-order valence-corrected chi connectivity index (χ0v) is 20.3. The van der Waals surface area contributed by atoms with Crippen LogP contribution in [0.15, 0.2) is 72.8 Å². The molecule has 190 valence electrons. The maximum absolute atomic E-state index is 15.2. The van der Waals surface area contributed by atoms with E-state index in [1.54, 1.807) is 6.07 Å². The van der Waals surface area contributed by atoms with Crippen molar-refractivity contribution < 1.29 is 41.4 Å². The zero-order valence-electron chi connectivity index (χ0n) is 19.5. The van der Waals surface area contributed by atoms with Gasteiger partial charge in [0.15, 0.2) is 17.3 Å². The molecule has 37 heavy (non-hydrogen) atoms. The molecule has 0 spiro atoms. The van der Waals surface area contributed by atoms with Crippen molar-refractivity contribution in [2.45, 2.75) is 20.2 Å². The van der Waals surface area contributed by atoms with Crippen molar-refractivity contribution in [1.29, 1.82) is 0 Å². The summed E-state index contributed by atoms with van der Waals surface area (Å²) in [5.74, 6) is -3.08. The fraction of sp³-hybridized carbons (Fsp3) is 0.111. The van der Waals surface area contributed by atoms with Crippen molar-refractivity contribution in [3.8, 4) is 28.4 Å². The van der Waals surface area contributed by atoms with E-state index in [1.165, 1.54) is 56.3 Å². The molecule has 0 bridgehead atoms. The summed E-state index contributed by atoms with van der Waals surface area (Å²) in [4.78, 5) is 23.6. The monoisotopic (exact) mass is 530 g/mol. The molecule has 0 atom stereocenters. The topological polar surface area (TPSA) is 61.8 Å². The van der Waals surface area contributed by atoms with Gasteiger partial charge in [-0.3, -0.25) is 0 Å². The summed E-state index contributed by atoms with van der Waals surface area (Å²) in [6, 6.07) is 11.4. The van der Waals surface area contributed by atoms with Crippen molar-refractivity contribution in [2.75, 3.05) is 0 Å². The largest absolute Gasteiger partial charge is 0.573 e. The van der Waals surface area contributed by atoms with E-state index in [9.17, 15) is 22.8 Å². The van der Waals surface area contributed by atoms with E-state index in [1.807, 2.05) is 0 Å². The van der Waals surface area contributed by atoms with E-state index in [0.717, 1.165) is 11.3 Å². The molecule has 0 aliphatic carbocycles. The Kier molecular flexibility index (Phi) is 6.79. The Hall–Kier alpha value is -4.18. The predicted molar refractivity (Wildman–Crippen MR) is 132 cm³/mol. The molecule has 10 heteroatoms. The van der Waals surface area contributed by atoms with Crippen molar-refractivity contribution in [3.63, 3.8) is 0 Å².